The maximum atomic E-state index is 2.52. The van der Waals surface area contributed by atoms with Gasteiger partial charge in [-0.3, -0.25) is 0 Å². The Hall–Kier alpha value is 2.26. The summed E-state index contributed by atoms with van der Waals surface area (Å²) in [6.45, 7) is 0. The predicted molar refractivity (Wildman–Crippen MR) is 55.3 cm³/mol. The molecule has 0 nitrogen and oxygen atoms in total. The van der Waals surface area contributed by atoms with Gasteiger partial charge in [0.05, 0.1) is 0 Å². The molecule has 0 radical (unpaired) electrons. The van der Waals surface area contributed by atoms with Crippen molar-refractivity contribution in [3.8, 4) is 0 Å². The van der Waals surface area contributed by atoms with Crippen LogP contribution in [0.3, 0.4) is 0 Å². The Morgan fingerprint density at radius 2 is 1.43 bits per heavy atom. The van der Waals surface area contributed by atoms with Crippen LogP contribution in [0.5, 0.6) is 0 Å². The molecule has 0 aromatic rings. The summed E-state index contributed by atoms with van der Waals surface area (Å²) in [5.41, 5.74) is 0. The second-order valence-electron chi connectivity index (χ2n) is 2.43. The van der Waals surface area contributed by atoms with Gasteiger partial charge in [0.15, 0.2) is 0 Å². The van der Waals surface area contributed by atoms with Crippen molar-refractivity contribution in [2.24, 2.45) is 0 Å². The molecule has 0 unspecified atom stereocenters. The Kier molecular flexibility index (Phi) is 5.47. The van der Waals surface area contributed by atoms with Gasteiger partial charge in [-0.2, -0.15) is 0 Å². The molecule has 0 aliphatic carbocycles. The molecule has 7 heavy (non-hydrogen) atoms. The summed E-state index contributed by atoms with van der Waals surface area (Å²) < 4.78 is 2.94. The summed E-state index contributed by atoms with van der Waals surface area (Å²) in [6.07, 6.45) is 0. The minimum atomic E-state index is -1.31. The average Bonchev–Trinajstić information content (AvgIpc) is 1.68. The first-order valence-electron chi connectivity index (χ1n) is 2.24. The Morgan fingerprint density at radius 1 is 1.14 bits per heavy atom. The van der Waals surface area contributed by atoms with E-state index in [4.69, 9.17) is 0 Å². The van der Waals surface area contributed by atoms with Gasteiger partial charge in [0, 0.05) is 0 Å². The molecule has 0 saturated carbocycles. The standard InChI is InChI=1S/2CH2I.2CH3.Sn/c2*1-2;;;/h2*1H2;2*1H3;. The van der Waals surface area contributed by atoms with Gasteiger partial charge in [-0.1, -0.05) is 0 Å². The summed E-state index contributed by atoms with van der Waals surface area (Å²) in [7, 11) is 0. The second-order valence-corrected chi connectivity index (χ2v) is 26.5. The summed E-state index contributed by atoms with van der Waals surface area (Å²) in [6, 6.07) is 0. The van der Waals surface area contributed by atoms with Crippen molar-refractivity contribution >= 4 is 63.6 Å². The molecule has 44 valence electrons. The topological polar surface area (TPSA) is 0 Å². The molecule has 0 amide bonds. The fourth-order valence-corrected chi connectivity index (χ4v) is 10.8. The third-order valence-corrected chi connectivity index (χ3v) is 32.6. The Morgan fingerprint density at radius 3 is 1.43 bits per heavy atom. The molecule has 0 saturated heterocycles. The van der Waals surface area contributed by atoms with Gasteiger partial charge in [0.25, 0.3) is 0 Å². The molecule has 0 aliphatic heterocycles. The van der Waals surface area contributed by atoms with E-state index in [2.05, 4.69) is 55.1 Å². The second kappa shape index (κ2) is 4.13. The third kappa shape index (κ3) is 4.74. The van der Waals surface area contributed by atoms with Crippen LogP contribution in [0.4, 0.5) is 0 Å². The first kappa shape index (κ1) is 9.26. The molecule has 0 rings (SSSR count). The first-order chi connectivity index (χ1) is 3.12. The molecule has 0 aromatic carbocycles. The fraction of sp³-hybridized carbons (Fsp3) is 1.00. The van der Waals surface area contributed by atoms with E-state index in [0.29, 0.717) is 0 Å². The summed E-state index contributed by atoms with van der Waals surface area (Å²) in [5.74, 6) is 0. The van der Waals surface area contributed by atoms with E-state index in [0.717, 1.165) is 0 Å². The van der Waals surface area contributed by atoms with Crippen LogP contribution in [0.1, 0.15) is 0 Å². The van der Waals surface area contributed by atoms with Crippen LogP contribution < -0.4 is 0 Å². The zero-order valence-corrected chi connectivity index (χ0v) is 11.8. The molecule has 0 N–H and O–H groups in total. The number of hydrogen-bond acceptors (Lipinski definition) is 0. The van der Waals surface area contributed by atoms with Gasteiger partial charge in [0.1, 0.15) is 0 Å². The van der Waals surface area contributed by atoms with Gasteiger partial charge in [0.2, 0.25) is 0 Å². The Bertz CT molecular complexity index is 47.7. The van der Waals surface area contributed by atoms with Crippen LogP contribution in [0.15, 0.2) is 0 Å². The van der Waals surface area contributed by atoms with Crippen molar-refractivity contribution in [1.29, 1.82) is 0 Å². The van der Waals surface area contributed by atoms with E-state index >= 15 is 0 Å². The number of halogens is 2. The first-order valence-corrected chi connectivity index (χ1v) is 15.0. The van der Waals surface area contributed by atoms with E-state index in [1.165, 1.54) is 4.89 Å². The quantitative estimate of drug-likeness (QED) is 0.359. The van der Waals surface area contributed by atoms with Crippen LogP contribution in [0.2, 0.25) is 9.88 Å². The van der Waals surface area contributed by atoms with Crippen LogP contribution >= 0.6 is 45.2 Å². The monoisotopic (exact) mass is 432 g/mol. The molecule has 0 spiro atoms. The Labute approximate surface area is 77.0 Å². The molecule has 3 heteroatoms. The van der Waals surface area contributed by atoms with Crippen molar-refractivity contribution < 1.29 is 0 Å². The van der Waals surface area contributed by atoms with Crippen LogP contribution in [0, 0.1) is 0 Å². The normalized spacial score (nSPS) is 12.0. The predicted octanol–water partition coefficient (Wildman–Crippen LogP) is 2.64. The summed E-state index contributed by atoms with van der Waals surface area (Å²) in [5, 5.41) is 0. The number of hydrogen-bond donors (Lipinski definition) is 0. The number of alkyl halides is 2. The third-order valence-electron chi connectivity index (χ3n) is 0.724. The molecule has 0 aromatic heterocycles. The van der Waals surface area contributed by atoms with Gasteiger partial charge >= 0.3 is 78.3 Å². The molecule has 0 bridgehead atoms. The summed E-state index contributed by atoms with van der Waals surface area (Å²) >= 11 is 3.73. The van der Waals surface area contributed by atoms with Crippen molar-refractivity contribution in [3.05, 3.63) is 0 Å². The zero-order chi connectivity index (χ0) is 5.91. The van der Waals surface area contributed by atoms with Gasteiger partial charge < -0.3 is 0 Å². The maximum absolute atomic E-state index is 2.52. The SMILES string of the molecule is [CH3][Sn]([CH3])([CH2]I)[CH2]I. The van der Waals surface area contributed by atoms with Crippen molar-refractivity contribution in [2.75, 3.05) is 4.89 Å². The van der Waals surface area contributed by atoms with E-state index in [1.807, 2.05) is 0 Å². The molecular formula is C4H10I2Sn. The minimum absolute atomic E-state index is 1.31. The van der Waals surface area contributed by atoms with Crippen molar-refractivity contribution in [1.82, 2.24) is 0 Å². The molecule has 0 atom stereocenters. The molecule has 0 heterocycles. The van der Waals surface area contributed by atoms with Crippen LogP contribution in [-0.2, 0) is 0 Å². The fourth-order valence-electron chi connectivity index (χ4n) is 0.0357. The van der Waals surface area contributed by atoms with Crippen LogP contribution in [0.25, 0.3) is 0 Å². The zero-order valence-electron chi connectivity index (χ0n) is 4.67. The van der Waals surface area contributed by atoms with Crippen molar-refractivity contribution in [2.45, 2.75) is 9.88 Å². The average molecular weight is 431 g/mol. The van der Waals surface area contributed by atoms with Gasteiger partial charge in [-0.15, -0.1) is 0 Å². The number of rotatable bonds is 2. The van der Waals surface area contributed by atoms with Crippen molar-refractivity contribution in [3.63, 3.8) is 0 Å². The van der Waals surface area contributed by atoms with E-state index in [-0.39, 0.29) is 0 Å². The van der Waals surface area contributed by atoms with E-state index < -0.39 is 18.4 Å². The summed E-state index contributed by atoms with van der Waals surface area (Å²) in [4.78, 5) is 4.99. The van der Waals surface area contributed by atoms with E-state index in [1.54, 1.807) is 0 Å². The molecule has 0 fully saturated rings. The molecular weight excluding hydrogens is 421 g/mol. The van der Waals surface area contributed by atoms with Gasteiger partial charge in [-0.05, 0) is 0 Å². The molecule has 0 aliphatic rings. The Balaban J connectivity index is 3.36. The van der Waals surface area contributed by atoms with Crippen LogP contribution in [-0.4, -0.2) is 23.3 Å². The van der Waals surface area contributed by atoms with Gasteiger partial charge in [-0.25, -0.2) is 0 Å². The van der Waals surface area contributed by atoms with E-state index in [9.17, 15) is 0 Å².